The maximum absolute atomic E-state index is 11.7. The lowest BCUT2D eigenvalue weighted by atomic mass is 10.2. The molecule has 0 atom stereocenters. The molecule has 0 spiro atoms. The van der Waals surface area contributed by atoms with Crippen LogP contribution < -0.4 is 11.3 Å². The molecule has 16 heavy (non-hydrogen) atoms. The van der Waals surface area contributed by atoms with Crippen molar-refractivity contribution in [3.05, 3.63) is 0 Å². The molecule has 6 nitrogen and oxygen atoms in total. The molecule has 2 aliphatic rings. The maximum Gasteiger partial charge on any atom is 0.243 e. The van der Waals surface area contributed by atoms with Gasteiger partial charge in [0.1, 0.15) is 6.42 Å². The highest BCUT2D eigenvalue weighted by Gasteiger charge is 2.32. The summed E-state index contributed by atoms with van der Waals surface area (Å²) in [7, 11) is 0. The molecule has 2 rings (SSSR count). The van der Waals surface area contributed by atoms with Crippen LogP contribution in [-0.2, 0) is 9.59 Å². The summed E-state index contributed by atoms with van der Waals surface area (Å²) in [5.41, 5.74) is 1.98. The maximum atomic E-state index is 11.7. The van der Waals surface area contributed by atoms with Gasteiger partial charge < -0.3 is 4.90 Å². The summed E-state index contributed by atoms with van der Waals surface area (Å²) in [5.74, 6) is 4.39. The van der Waals surface area contributed by atoms with E-state index in [1.165, 1.54) is 12.8 Å². The lowest BCUT2D eigenvalue weighted by molar-refractivity contribution is -0.137. The van der Waals surface area contributed by atoms with Crippen LogP contribution in [0.2, 0.25) is 0 Å². The van der Waals surface area contributed by atoms with Gasteiger partial charge in [-0.15, -0.1) is 0 Å². The highest BCUT2D eigenvalue weighted by atomic mass is 16.2. The Balaban J connectivity index is 1.74. The minimum Gasteiger partial charge on any atom is -0.340 e. The molecule has 1 aliphatic heterocycles. The third kappa shape index (κ3) is 2.70. The van der Waals surface area contributed by atoms with Crippen molar-refractivity contribution in [3.63, 3.8) is 0 Å². The molecular weight excluding hydrogens is 208 g/mol. The van der Waals surface area contributed by atoms with Crippen molar-refractivity contribution in [2.45, 2.75) is 25.3 Å². The molecule has 0 bridgehead atoms. The Morgan fingerprint density at radius 2 is 1.81 bits per heavy atom. The van der Waals surface area contributed by atoms with Crippen LogP contribution in [0.15, 0.2) is 0 Å². The van der Waals surface area contributed by atoms with Gasteiger partial charge in [0, 0.05) is 32.2 Å². The second-order valence-electron chi connectivity index (χ2n) is 4.39. The Morgan fingerprint density at radius 3 is 2.31 bits per heavy atom. The standard InChI is InChI=1S/C10H18N4O2/c11-12-9(15)7-10(16)14-5-3-13(4-6-14)8-1-2-8/h8H,1-7,11H2,(H,12,15). The number of hydrazine groups is 1. The van der Waals surface area contributed by atoms with Gasteiger partial charge in [0.25, 0.3) is 0 Å². The van der Waals surface area contributed by atoms with Crippen molar-refractivity contribution in [1.29, 1.82) is 0 Å². The predicted octanol–water partition coefficient (Wildman–Crippen LogP) is -1.33. The van der Waals surface area contributed by atoms with Crippen molar-refractivity contribution in [3.8, 4) is 0 Å². The van der Waals surface area contributed by atoms with Crippen LogP contribution in [-0.4, -0.2) is 53.8 Å². The highest BCUT2D eigenvalue weighted by molar-refractivity contribution is 5.96. The average molecular weight is 226 g/mol. The van der Waals surface area contributed by atoms with E-state index in [2.05, 4.69) is 4.90 Å². The number of rotatable bonds is 3. The van der Waals surface area contributed by atoms with E-state index in [9.17, 15) is 9.59 Å². The molecule has 0 radical (unpaired) electrons. The highest BCUT2D eigenvalue weighted by Crippen LogP contribution is 2.27. The van der Waals surface area contributed by atoms with Crippen molar-refractivity contribution in [1.82, 2.24) is 15.2 Å². The molecule has 3 N–H and O–H groups in total. The second kappa shape index (κ2) is 4.80. The monoisotopic (exact) mass is 226 g/mol. The topological polar surface area (TPSA) is 78.7 Å². The van der Waals surface area contributed by atoms with Crippen LogP contribution in [0.25, 0.3) is 0 Å². The number of nitrogens with zero attached hydrogens (tertiary/aromatic N) is 2. The summed E-state index contributed by atoms with van der Waals surface area (Å²) in [6, 6.07) is 0.754. The number of nitrogens with one attached hydrogen (secondary N) is 1. The van der Waals surface area contributed by atoms with Gasteiger partial charge in [-0.05, 0) is 12.8 Å². The van der Waals surface area contributed by atoms with E-state index in [1.54, 1.807) is 4.90 Å². The van der Waals surface area contributed by atoms with E-state index in [4.69, 9.17) is 5.84 Å². The third-order valence-corrected chi connectivity index (χ3v) is 3.20. The molecule has 1 saturated carbocycles. The third-order valence-electron chi connectivity index (χ3n) is 3.20. The van der Waals surface area contributed by atoms with Crippen LogP contribution in [0.1, 0.15) is 19.3 Å². The van der Waals surface area contributed by atoms with Gasteiger partial charge in [-0.3, -0.25) is 19.9 Å². The zero-order chi connectivity index (χ0) is 11.5. The lowest BCUT2D eigenvalue weighted by Gasteiger charge is -2.34. The smallest absolute Gasteiger partial charge is 0.243 e. The van der Waals surface area contributed by atoms with Crippen LogP contribution in [0.4, 0.5) is 0 Å². The van der Waals surface area contributed by atoms with E-state index < -0.39 is 5.91 Å². The molecule has 0 aromatic carbocycles. The average Bonchev–Trinajstić information content (AvgIpc) is 3.13. The second-order valence-corrected chi connectivity index (χ2v) is 4.39. The number of nitrogens with two attached hydrogens (primary N) is 1. The first-order valence-electron chi connectivity index (χ1n) is 5.72. The van der Waals surface area contributed by atoms with E-state index in [-0.39, 0.29) is 12.3 Å². The Kier molecular flexibility index (Phi) is 3.40. The Morgan fingerprint density at radius 1 is 1.19 bits per heavy atom. The first-order valence-corrected chi connectivity index (χ1v) is 5.72. The summed E-state index contributed by atoms with van der Waals surface area (Å²) in [6.07, 6.45) is 2.45. The quantitative estimate of drug-likeness (QED) is 0.270. The first kappa shape index (κ1) is 11.3. The minimum absolute atomic E-state index is 0.126. The lowest BCUT2D eigenvalue weighted by Crippen LogP contribution is -2.50. The van der Waals surface area contributed by atoms with Gasteiger partial charge >= 0.3 is 0 Å². The number of amides is 2. The summed E-state index contributed by atoms with van der Waals surface area (Å²) < 4.78 is 0. The number of carbonyl (C=O) groups excluding carboxylic acids is 2. The largest absolute Gasteiger partial charge is 0.340 e. The molecule has 2 amide bonds. The van der Waals surface area contributed by atoms with E-state index >= 15 is 0 Å². The van der Waals surface area contributed by atoms with Crippen LogP contribution >= 0.6 is 0 Å². The Labute approximate surface area is 94.7 Å². The van der Waals surface area contributed by atoms with Crippen LogP contribution in [0.3, 0.4) is 0 Å². The van der Waals surface area contributed by atoms with Gasteiger partial charge in [0.05, 0.1) is 0 Å². The normalized spacial score (nSPS) is 21.9. The van der Waals surface area contributed by atoms with E-state index in [0.717, 1.165) is 32.2 Å². The molecule has 6 heteroatoms. The fourth-order valence-corrected chi connectivity index (χ4v) is 2.08. The molecular formula is C10H18N4O2. The summed E-state index contributed by atoms with van der Waals surface area (Å²) in [4.78, 5) is 26.8. The molecule has 0 unspecified atom stereocenters. The van der Waals surface area contributed by atoms with Gasteiger partial charge in [-0.25, -0.2) is 5.84 Å². The number of hydrogen-bond acceptors (Lipinski definition) is 4. The molecule has 90 valence electrons. The Hall–Kier alpha value is -1.14. The minimum atomic E-state index is -0.422. The molecule has 0 aromatic rings. The van der Waals surface area contributed by atoms with Gasteiger partial charge in [-0.2, -0.15) is 0 Å². The van der Waals surface area contributed by atoms with Gasteiger partial charge in [-0.1, -0.05) is 0 Å². The zero-order valence-electron chi connectivity index (χ0n) is 9.32. The van der Waals surface area contributed by atoms with Crippen molar-refractivity contribution < 1.29 is 9.59 Å². The zero-order valence-corrected chi connectivity index (χ0v) is 9.32. The number of piperazine rings is 1. The Bertz CT molecular complexity index is 283. The summed E-state index contributed by atoms with van der Waals surface area (Å²) >= 11 is 0. The summed E-state index contributed by atoms with van der Waals surface area (Å²) in [6.45, 7) is 3.32. The summed E-state index contributed by atoms with van der Waals surface area (Å²) in [5, 5.41) is 0. The molecule has 0 aromatic heterocycles. The fraction of sp³-hybridized carbons (Fsp3) is 0.800. The van der Waals surface area contributed by atoms with Crippen LogP contribution in [0.5, 0.6) is 0 Å². The van der Waals surface area contributed by atoms with Crippen molar-refractivity contribution >= 4 is 11.8 Å². The molecule has 1 aliphatic carbocycles. The van der Waals surface area contributed by atoms with Crippen molar-refractivity contribution in [2.24, 2.45) is 5.84 Å². The molecule has 1 heterocycles. The van der Waals surface area contributed by atoms with Crippen LogP contribution in [0, 0.1) is 0 Å². The fourth-order valence-electron chi connectivity index (χ4n) is 2.08. The van der Waals surface area contributed by atoms with Gasteiger partial charge in [0.15, 0.2) is 0 Å². The number of carbonyl (C=O) groups is 2. The van der Waals surface area contributed by atoms with E-state index in [0.29, 0.717) is 0 Å². The SMILES string of the molecule is NNC(=O)CC(=O)N1CCN(C2CC2)CC1. The number of hydrogen-bond donors (Lipinski definition) is 2. The molecule has 1 saturated heterocycles. The first-order chi connectivity index (χ1) is 7.70. The van der Waals surface area contributed by atoms with Gasteiger partial charge in [0.2, 0.25) is 11.8 Å². The molecule has 2 fully saturated rings. The van der Waals surface area contributed by atoms with Crippen molar-refractivity contribution in [2.75, 3.05) is 26.2 Å². The predicted molar refractivity (Wildman–Crippen MR) is 58.1 cm³/mol. The van der Waals surface area contributed by atoms with E-state index in [1.807, 2.05) is 5.43 Å².